The SMILES string of the molecule is CCOc1ccc(C(=O)N(CCO)CC(F)(F)F)cc1N. The monoisotopic (exact) mass is 306 g/mol. The summed E-state index contributed by atoms with van der Waals surface area (Å²) in [5.74, 6) is -0.491. The molecule has 0 saturated carbocycles. The number of rotatable bonds is 6. The molecule has 0 saturated heterocycles. The van der Waals surface area contributed by atoms with E-state index in [-0.39, 0.29) is 11.3 Å². The average Bonchev–Trinajstić information content (AvgIpc) is 2.38. The Morgan fingerprint density at radius 3 is 2.57 bits per heavy atom. The number of nitrogens with two attached hydrogens (primary N) is 1. The maximum absolute atomic E-state index is 12.4. The third-order valence-electron chi connectivity index (χ3n) is 2.58. The van der Waals surface area contributed by atoms with E-state index in [1.807, 2.05) is 0 Å². The van der Waals surface area contributed by atoms with Crippen LogP contribution >= 0.6 is 0 Å². The van der Waals surface area contributed by atoms with Gasteiger partial charge in [0, 0.05) is 12.1 Å². The zero-order chi connectivity index (χ0) is 16.0. The maximum Gasteiger partial charge on any atom is 0.406 e. The van der Waals surface area contributed by atoms with Crippen LogP contribution in [0, 0.1) is 0 Å². The highest BCUT2D eigenvalue weighted by molar-refractivity contribution is 5.95. The predicted molar refractivity (Wildman–Crippen MR) is 71.1 cm³/mol. The molecule has 1 aromatic rings. The summed E-state index contributed by atoms with van der Waals surface area (Å²) < 4.78 is 42.5. The zero-order valence-electron chi connectivity index (χ0n) is 11.5. The molecule has 0 unspecified atom stereocenters. The lowest BCUT2D eigenvalue weighted by Gasteiger charge is -2.23. The van der Waals surface area contributed by atoms with Crippen molar-refractivity contribution in [2.24, 2.45) is 0 Å². The van der Waals surface area contributed by atoms with Crippen LogP contribution in [0.15, 0.2) is 18.2 Å². The Morgan fingerprint density at radius 1 is 1.43 bits per heavy atom. The van der Waals surface area contributed by atoms with Crippen molar-refractivity contribution < 1.29 is 27.8 Å². The maximum atomic E-state index is 12.4. The number of anilines is 1. The number of nitrogen functional groups attached to an aromatic ring is 1. The molecule has 118 valence electrons. The van der Waals surface area contributed by atoms with Crippen molar-refractivity contribution in [3.8, 4) is 5.75 Å². The van der Waals surface area contributed by atoms with E-state index >= 15 is 0 Å². The average molecular weight is 306 g/mol. The minimum atomic E-state index is -4.54. The Hall–Kier alpha value is -1.96. The summed E-state index contributed by atoms with van der Waals surface area (Å²) in [6.07, 6.45) is -4.54. The smallest absolute Gasteiger partial charge is 0.406 e. The number of nitrogens with zero attached hydrogens (tertiary/aromatic N) is 1. The first-order valence-electron chi connectivity index (χ1n) is 6.27. The Balaban J connectivity index is 2.95. The van der Waals surface area contributed by atoms with E-state index in [0.717, 1.165) is 0 Å². The van der Waals surface area contributed by atoms with Crippen LogP contribution < -0.4 is 10.5 Å². The van der Waals surface area contributed by atoms with Crippen molar-refractivity contribution in [3.05, 3.63) is 23.8 Å². The van der Waals surface area contributed by atoms with Crippen LogP contribution in [0.25, 0.3) is 0 Å². The molecule has 0 radical (unpaired) electrons. The van der Waals surface area contributed by atoms with Gasteiger partial charge in [0.1, 0.15) is 12.3 Å². The quantitative estimate of drug-likeness (QED) is 0.784. The van der Waals surface area contributed by atoms with Gasteiger partial charge in [-0.2, -0.15) is 13.2 Å². The third kappa shape index (κ3) is 5.14. The fourth-order valence-corrected chi connectivity index (χ4v) is 1.74. The van der Waals surface area contributed by atoms with Crippen LogP contribution in [-0.2, 0) is 0 Å². The zero-order valence-corrected chi connectivity index (χ0v) is 11.5. The lowest BCUT2D eigenvalue weighted by molar-refractivity contribution is -0.141. The molecule has 0 spiro atoms. The summed E-state index contributed by atoms with van der Waals surface area (Å²) >= 11 is 0. The minimum absolute atomic E-state index is 0.00801. The minimum Gasteiger partial charge on any atom is -0.492 e. The number of hydrogen-bond acceptors (Lipinski definition) is 4. The summed E-state index contributed by atoms with van der Waals surface area (Å²) in [6.45, 7) is -0.272. The number of ether oxygens (including phenoxy) is 1. The number of halogens is 3. The molecule has 8 heteroatoms. The lowest BCUT2D eigenvalue weighted by atomic mass is 10.1. The molecule has 5 nitrogen and oxygen atoms in total. The van der Waals surface area contributed by atoms with E-state index in [4.69, 9.17) is 15.6 Å². The number of aliphatic hydroxyl groups is 1. The highest BCUT2D eigenvalue weighted by Crippen LogP contribution is 2.24. The number of carbonyl (C=O) groups is 1. The van der Waals surface area contributed by atoms with Crippen LogP contribution in [-0.4, -0.2) is 48.4 Å². The van der Waals surface area contributed by atoms with Crippen molar-refractivity contribution in [1.29, 1.82) is 0 Å². The topological polar surface area (TPSA) is 75.8 Å². The number of carbonyl (C=O) groups excluding carboxylic acids is 1. The van der Waals surface area contributed by atoms with Gasteiger partial charge < -0.3 is 20.5 Å². The molecular weight excluding hydrogens is 289 g/mol. The van der Waals surface area contributed by atoms with Gasteiger partial charge in [-0.05, 0) is 25.1 Å². The van der Waals surface area contributed by atoms with E-state index in [1.54, 1.807) is 6.92 Å². The van der Waals surface area contributed by atoms with Crippen LogP contribution in [0.1, 0.15) is 17.3 Å². The molecule has 0 heterocycles. The molecule has 0 aromatic heterocycles. The molecule has 0 aliphatic rings. The van der Waals surface area contributed by atoms with Gasteiger partial charge in [0.2, 0.25) is 0 Å². The summed E-state index contributed by atoms with van der Waals surface area (Å²) in [5, 5.41) is 8.79. The Labute approximate surface area is 120 Å². The van der Waals surface area contributed by atoms with Gasteiger partial charge in [-0.15, -0.1) is 0 Å². The second-order valence-electron chi connectivity index (χ2n) is 4.25. The van der Waals surface area contributed by atoms with Crippen LogP contribution in [0.2, 0.25) is 0 Å². The van der Waals surface area contributed by atoms with Gasteiger partial charge in [-0.1, -0.05) is 0 Å². The number of alkyl halides is 3. The van der Waals surface area contributed by atoms with E-state index < -0.39 is 31.8 Å². The van der Waals surface area contributed by atoms with Gasteiger partial charge >= 0.3 is 6.18 Å². The summed E-state index contributed by atoms with van der Waals surface area (Å²) in [6, 6.07) is 4.02. The third-order valence-corrected chi connectivity index (χ3v) is 2.58. The van der Waals surface area contributed by atoms with Crippen LogP contribution in [0.4, 0.5) is 18.9 Å². The molecule has 0 aliphatic heterocycles. The highest BCUT2D eigenvalue weighted by atomic mass is 19.4. The Morgan fingerprint density at radius 2 is 2.10 bits per heavy atom. The number of hydrogen-bond donors (Lipinski definition) is 2. The molecule has 21 heavy (non-hydrogen) atoms. The predicted octanol–water partition coefficient (Wildman–Crippen LogP) is 1.66. The molecule has 0 bridgehead atoms. The Bertz CT molecular complexity index is 492. The Kier molecular flexibility index (Phi) is 5.83. The van der Waals surface area contributed by atoms with E-state index in [0.29, 0.717) is 17.3 Å². The first kappa shape index (κ1) is 17.1. The van der Waals surface area contributed by atoms with Crippen LogP contribution in [0.5, 0.6) is 5.75 Å². The van der Waals surface area contributed by atoms with Gasteiger partial charge in [0.25, 0.3) is 5.91 Å². The van der Waals surface area contributed by atoms with E-state index in [9.17, 15) is 18.0 Å². The number of aliphatic hydroxyl groups excluding tert-OH is 1. The van der Waals surface area contributed by atoms with Gasteiger partial charge in [-0.3, -0.25) is 4.79 Å². The van der Waals surface area contributed by atoms with Crippen molar-refractivity contribution in [2.45, 2.75) is 13.1 Å². The van der Waals surface area contributed by atoms with Gasteiger partial charge in [0.05, 0.1) is 18.9 Å². The van der Waals surface area contributed by atoms with Crippen molar-refractivity contribution in [3.63, 3.8) is 0 Å². The summed E-state index contributed by atoms with van der Waals surface area (Å²) in [7, 11) is 0. The molecular formula is C13H17F3N2O3. The highest BCUT2D eigenvalue weighted by Gasteiger charge is 2.33. The fourth-order valence-electron chi connectivity index (χ4n) is 1.74. The molecule has 1 amide bonds. The molecule has 3 N–H and O–H groups in total. The van der Waals surface area contributed by atoms with Gasteiger partial charge in [-0.25, -0.2) is 0 Å². The molecule has 0 atom stereocenters. The largest absolute Gasteiger partial charge is 0.492 e. The summed E-state index contributed by atoms with van der Waals surface area (Å²) in [5.41, 5.74) is 5.85. The number of amides is 1. The molecule has 0 aliphatic carbocycles. The summed E-state index contributed by atoms with van der Waals surface area (Å²) in [4.78, 5) is 12.6. The van der Waals surface area contributed by atoms with Crippen molar-refractivity contribution in [1.82, 2.24) is 4.90 Å². The van der Waals surface area contributed by atoms with Crippen molar-refractivity contribution in [2.75, 3.05) is 32.0 Å². The standard InChI is InChI=1S/C13H17F3N2O3/c1-2-21-11-4-3-9(7-10(11)17)12(20)18(5-6-19)8-13(14,15)16/h3-4,7,19H,2,5-6,8,17H2,1H3. The molecule has 1 aromatic carbocycles. The van der Waals surface area contributed by atoms with Crippen LogP contribution in [0.3, 0.4) is 0 Å². The first-order chi connectivity index (χ1) is 9.78. The number of benzene rings is 1. The second kappa shape index (κ2) is 7.16. The first-order valence-corrected chi connectivity index (χ1v) is 6.27. The molecule has 1 rings (SSSR count). The molecule has 0 fully saturated rings. The second-order valence-corrected chi connectivity index (χ2v) is 4.25. The van der Waals surface area contributed by atoms with Crippen molar-refractivity contribution >= 4 is 11.6 Å². The fraction of sp³-hybridized carbons (Fsp3) is 0.462. The van der Waals surface area contributed by atoms with Gasteiger partial charge in [0.15, 0.2) is 0 Å². The van der Waals surface area contributed by atoms with E-state index in [1.165, 1.54) is 18.2 Å². The lowest BCUT2D eigenvalue weighted by Crippen LogP contribution is -2.40. The van der Waals surface area contributed by atoms with E-state index in [2.05, 4.69) is 0 Å². The normalized spacial score (nSPS) is 11.3.